The molecule has 0 atom stereocenters. The van der Waals surface area contributed by atoms with Gasteiger partial charge in [0, 0.05) is 0 Å². The van der Waals surface area contributed by atoms with E-state index in [-0.39, 0.29) is 5.56 Å². The lowest BCUT2D eigenvalue weighted by atomic mass is 10.1. The zero-order valence-electron chi connectivity index (χ0n) is 6.87. The Kier molecular flexibility index (Phi) is 2.13. The smallest absolute Gasteiger partial charge is 0.166 e. The standard InChI is InChI=1S/C9H9F3/c1-6-3-4-8(7(2)5-6)9(10,11)12/h3-5H,1-2H3. The molecule has 3 heteroatoms. The van der Waals surface area contributed by atoms with E-state index in [0.717, 1.165) is 11.6 Å². The molecule has 0 aliphatic heterocycles. The zero-order chi connectivity index (χ0) is 9.35. The van der Waals surface area contributed by atoms with Crippen molar-refractivity contribution < 1.29 is 13.2 Å². The fourth-order valence-electron chi connectivity index (χ4n) is 1.13. The minimum Gasteiger partial charge on any atom is -0.166 e. The summed E-state index contributed by atoms with van der Waals surface area (Å²) in [6.45, 7) is 3.24. The molecule has 0 heterocycles. The van der Waals surface area contributed by atoms with Gasteiger partial charge in [-0.05, 0) is 25.5 Å². The second-order valence-corrected chi connectivity index (χ2v) is 2.82. The van der Waals surface area contributed by atoms with Gasteiger partial charge in [0.2, 0.25) is 0 Å². The van der Waals surface area contributed by atoms with Crippen molar-refractivity contribution in [2.45, 2.75) is 20.0 Å². The minimum atomic E-state index is -4.22. The second kappa shape index (κ2) is 2.81. The first-order chi connectivity index (χ1) is 5.41. The van der Waals surface area contributed by atoms with Crippen LogP contribution in [0.2, 0.25) is 0 Å². The molecule has 0 saturated heterocycles. The van der Waals surface area contributed by atoms with E-state index >= 15 is 0 Å². The van der Waals surface area contributed by atoms with Crippen molar-refractivity contribution in [3.05, 3.63) is 34.9 Å². The van der Waals surface area contributed by atoms with Crippen LogP contribution in [0.4, 0.5) is 13.2 Å². The Balaban J connectivity index is 3.19. The van der Waals surface area contributed by atoms with E-state index in [9.17, 15) is 13.2 Å². The van der Waals surface area contributed by atoms with Gasteiger partial charge in [-0.15, -0.1) is 0 Å². The molecule has 12 heavy (non-hydrogen) atoms. The molecule has 0 aliphatic carbocycles. The lowest BCUT2D eigenvalue weighted by Crippen LogP contribution is -2.07. The Morgan fingerprint density at radius 3 is 2.08 bits per heavy atom. The molecule has 0 spiro atoms. The summed E-state index contributed by atoms with van der Waals surface area (Å²) in [7, 11) is 0. The molecule has 0 unspecified atom stereocenters. The molecule has 1 rings (SSSR count). The first-order valence-electron chi connectivity index (χ1n) is 3.55. The van der Waals surface area contributed by atoms with Crippen LogP contribution in [0.3, 0.4) is 0 Å². The monoisotopic (exact) mass is 174 g/mol. The first-order valence-corrected chi connectivity index (χ1v) is 3.55. The average Bonchev–Trinajstić information content (AvgIpc) is 1.83. The normalized spacial score (nSPS) is 11.8. The quantitative estimate of drug-likeness (QED) is 0.566. The van der Waals surface area contributed by atoms with Crippen molar-refractivity contribution in [2.75, 3.05) is 0 Å². The summed E-state index contributed by atoms with van der Waals surface area (Å²) in [5, 5.41) is 0. The number of benzene rings is 1. The highest BCUT2D eigenvalue weighted by molar-refractivity contribution is 5.32. The van der Waals surface area contributed by atoms with Crippen LogP contribution in [0.5, 0.6) is 0 Å². The predicted molar refractivity (Wildman–Crippen MR) is 40.9 cm³/mol. The molecule has 0 aliphatic rings. The van der Waals surface area contributed by atoms with Crippen LogP contribution in [-0.2, 0) is 6.18 Å². The molecule has 1 aromatic carbocycles. The maximum atomic E-state index is 12.2. The molecule has 0 aromatic heterocycles. The Bertz CT molecular complexity index is 286. The van der Waals surface area contributed by atoms with Crippen LogP contribution < -0.4 is 0 Å². The van der Waals surface area contributed by atoms with E-state index in [2.05, 4.69) is 0 Å². The van der Waals surface area contributed by atoms with Crippen molar-refractivity contribution >= 4 is 0 Å². The van der Waals surface area contributed by atoms with Crippen LogP contribution in [0.15, 0.2) is 18.2 Å². The van der Waals surface area contributed by atoms with Gasteiger partial charge in [0.1, 0.15) is 0 Å². The van der Waals surface area contributed by atoms with Crippen molar-refractivity contribution in [2.24, 2.45) is 0 Å². The lowest BCUT2D eigenvalue weighted by Gasteiger charge is -2.09. The minimum absolute atomic E-state index is 0.280. The number of aryl methyl sites for hydroxylation is 2. The van der Waals surface area contributed by atoms with Gasteiger partial charge in [-0.2, -0.15) is 13.2 Å². The third-order valence-electron chi connectivity index (χ3n) is 1.69. The number of alkyl halides is 3. The van der Waals surface area contributed by atoms with Crippen LogP contribution >= 0.6 is 0 Å². The molecular formula is C9H9F3. The van der Waals surface area contributed by atoms with Gasteiger partial charge in [0.25, 0.3) is 0 Å². The average molecular weight is 174 g/mol. The molecule has 66 valence electrons. The number of halogens is 3. The fourth-order valence-corrected chi connectivity index (χ4v) is 1.13. The molecule has 0 nitrogen and oxygen atoms in total. The third kappa shape index (κ3) is 1.78. The highest BCUT2D eigenvalue weighted by atomic mass is 19.4. The van der Waals surface area contributed by atoms with Crippen molar-refractivity contribution in [1.82, 2.24) is 0 Å². The molecule has 0 saturated carbocycles. The third-order valence-corrected chi connectivity index (χ3v) is 1.69. The summed E-state index contributed by atoms with van der Waals surface area (Å²) >= 11 is 0. The summed E-state index contributed by atoms with van der Waals surface area (Å²) in [6, 6.07) is 4.11. The number of rotatable bonds is 0. The summed E-state index contributed by atoms with van der Waals surface area (Å²) in [4.78, 5) is 0. The molecule has 0 N–H and O–H groups in total. The Morgan fingerprint density at radius 1 is 1.08 bits per heavy atom. The van der Waals surface area contributed by atoms with Gasteiger partial charge < -0.3 is 0 Å². The molecule has 0 amide bonds. The maximum Gasteiger partial charge on any atom is 0.416 e. The van der Waals surface area contributed by atoms with E-state index in [1.165, 1.54) is 19.1 Å². The van der Waals surface area contributed by atoms with Crippen molar-refractivity contribution in [3.8, 4) is 0 Å². The van der Waals surface area contributed by atoms with Crippen molar-refractivity contribution in [3.63, 3.8) is 0 Å². The molecule has 0 radical (unpaired) electrons. The molecule has 0 fully saturated rings. The fraction of sp³-hybridized carbons (Fsp3) is 0.333. The Labute approximate surface area is 69.0 Å². The second-order valence-electron chi connectivity index (χ2n) is 2.82. The van der Waals surface area contributed by atoms with E-state index < -0.39 is 11.7 Å². The summed E-state index contributed by atoms with van der Waals surface area (Å²) in [6.07, 6.45) is -4.22. The van der Waals surface area contributed by atoms with Gasteiger partial charge in [0.05, 0.1) is 5.56 Å². The summed E-state index contributed by atoms with van der Waals surface area (Å²) in [5.41, 5.74) is 0.580. The zero-order valence-corrected chi connectivity index (χ0v) is 6.87. The predicted octanol–water partition coefficient (Wildman–Crippen LogP) is 3.32. The van der Waals surface area contributed by atoms with Crippen LogP contribution in [0.1, 0.15) is 16.7 Å². The lowest BCUT2D eigenvalue weighted by molar-refractivity contribution is -0.138. The number of hydrogen-bond acceptors (Lipinski definition) is 0. The first kappa shape index (κ1) is 9.10. The maximum absolute atomic E-state index is 12.2. The van der Waals surface area contributed by atoms with Crippen LogP contribution in [0, 0.1) is 13.8 Å². The van der Waals surface area contributed by atoms with E-state index in [1.54, 1.807) is 6.92 Å². The topological polar surface area (TPSA) is 0 Å². The SMILES string of the molecule is Cc1ccc(C(F)(F)F)c(C)c1. The van der Waals surface area contributed by atoms with E-state index in [1.807, 2.05) is 0 Å². The van der Waals surface area contributed by atoms with Crippen LogP contribution in [0.25, 0.3) is 0 Å². The highest BCUT2D eigenvalue weighted by Crippen LogP contribution is 2.31. The molecule has 1 aromatic rings. The van der Waals surface area contributed by atoms with E-state index in [0.29, 0.717) is 0 Å². The number of hydrogen-bond donors (Lipinski definition) is 0. The highest BCUT2D eigenvalue weighted by Gasteiger charge is 2.31. The van der Waals surface area contributed by atoms with Crippen LogP contribution in [-0.4, -0.2) is 0 Å². The van der Waals surface area contributed by atoms with E-state index in [4.69, 9.17) is 0 Å². The van der Waals surface area contributed by atoms with Gasteiger partial charge in [-0.25, -0.2) is 0 Å². The summed E-state index contributed by atoms with van der Waals surface area (Å²) < 4.78 is 36.5. The van der Waals surface area contributed by atoms with Gasteiger partial charge in [0.15, 0.2) is 0 Å². The van der Waals surface area contributed by atoms with Gasteiger partial charge in [-0.1, -0.05) is 17.7 Å². The largest absolute Gasteiger partial charge is 0.416 e. The Morgan fingerprint density at radius 2 is 1.67 bits per heavy atom. The van der Waals surface area contributed by atoms with Gasteiger partial charge >= 0.3 is 6.18 Å². The van der Waals surface area contributed by atoms with Crippen molar-refractivity contribution in [1.29, 1.82) is 0 Å². The molecular weight excluding hydrogens is 165 g/mol. The molecule has 0 bridgehead atoms. The Hall–Kier alpha value is -0.990. The summed E-state index contributed by atoms with van der Waals surface area (Å²) in [5.74, 6) is 0. The van der Waals surface area contributed by atoms with Gasteiger partial charge in [-0.3, -0.25) is 0 Å².